The standard InChI is InChI=1S/C16H21NO/c18-16-7-6-15-12-17(9-8-14(15)10-16)11-13-4-2-1-3-5-13/h1-5,14-15H,6-12H2/t14-,15+/m1/s1. The minimum Gasteiger partial charge on any atom is -0.300 e. The van der Waals surface area contributed by atoms with Crippen LogP contribution in [-0.2, 0) is 11.3 Å². The lowest BCUT2D eigenvalue weighted by Crippen LogP contribution is -2.42. The van der Waals surface area contributed by atoms with Crippen LogP contribution in [0.3, 0.4) is 0 Å². The summed E-state index contributed by atoms with van der Waals surface area (Å²) < 4.78 is 0. The van der Waals surface area contributed by atoms with Gasteiger partial charge in [-0.15, -0.1) is 0 Å². The number of ketones is 1. The molecular weight excluding hydrogens is 222 g/mol. The van der Waals surface area contributed by atoms with Crippen molar-refractivity contribution < 1.29 is 4.79 Å². The van der Waals surface area contributed by atoms with Crippen molar-refractivity contribution in [2.24, 2.45) is 11.8 Å². The second-order valence-corrected chi connectivity index (χ2v) is 5.81. The molecule has 3 rings (SSSR count). The van der Waals surface area contributed by atoms with Gasteiger partial charge in [0.05, 0.1) is 0 Å². The molecule has 0 amide bonds. The van der Waals surface area contributed by atoms with Crippen molar-refractivity contribution in [1.82, 2.24) is 4.90 Å². The lowest BCUT2D eigenvalue weighted by molar-refractivity contribution is -0.123. The molecule has 1 heterocycles. The summed E-state index contributed by atoms with van der Waals surface area (Å²) in [6.45, 7) is 3.41. The van der Waals surface area contributed by atoms with E-state index < -0.39 is 0 Å². The molecular formula is C16H21NO. The Morgan fingerprint density at radius 3 is 2.78 bits per heavy atom. The van der Waals surface area contributed by atoms with Crippen molar-refractivity contribution in [3.63, 3.8) is 0 Å². The maximum absolute atomic E-state index is 11.5. The summed E-state index contributed by atoms with van der Waals surface area (Å²) in [6.07, 6.45) is 4.00. The third-order valence-corrected chi connectivity index (χ3v) is 4.51. The third-order valence-electron chi connectivity index (χ3n) is 4.51. The first-order valence-corrected chi connectivity index (χ1v) is 7.09. The fourth-order valence-electron chi connectivity index (χ4n) is 3.48. The Morgan fingerprint density at radius 2 is 1.94 bits per heavy atom. The Kier molecular flexibility index (Phi) is 3.46. The number of hydrogen-bond acceptors (Lipinski definition) is 2. The van der Waals surface area contributed by atoms with Crippen LogP contribution < -0.4 is 0 Å². The van der Waals surface area contributed by atoms with Gasteiger partial charge < -0.3 is 0 Å². The number of Topliss-reactive ketones (excluding diaryl/α,β-unsaturated/α-hetero) is 1. The number of carbonyl (C=O) groups is 1. The minimum atomic E-state index is 0.493. The summed E-state index contributed by atoms with van der Waals surface area (Å²) in [5, 5.41) is 0. The van der Waals surface area contributed by atoms with Gasteiger partial charge in [0.1, 0.15) is 5.78 Å². The fourth-order valence-corrected chi connectivity index (χ4v) is 3.48. The maximum atomic E-state index is 11.5. The van der Waals surface area contributed by atoms with Gasteiger partial charge in [-0.3, -0.25) is 9.69 Å². The summed E-state index contributed by atoms with van der Waals surface area (Å²) in [4.78, 5) is 14.0. The largest absolute Gasteiger partial charge is 0.300 e. The van der Waals surface area contributed by atoms with Crippen molar-refractivity contribution in [2.75, 3.05) is 13.1 Å². The van der Waals surface area contributed by atoms with E-state index in [9.17, 15) is 4.79 Å². The summed E-state index contributed by atoms with van der Waals surface area (Å²) in [7, 11) is 0. The highest BCUT2D eigenvalue weighted by molar-refractivity contribution is 5.79. The van der Waals surface area contributed by atoms with E-state index in [-0.39, 0.29) is 0 Å². The molecule has 0 bridgehead atoms. The average molecular weight is 243 g/mol. The second kappa shape index (κ2) is 5.23. The van der Waals surface area contributed by atoms with Crippen LogP contribution in [0.2, 0.25) is 0 Å². The summed E-state index contributed by atoms with van der Waals surface area (Å²) in [5.74, 6) is 1.94. The van der Waals surface area contributed by atoms with Gasteiger partial charge in [-0.2, -0.15) is 0 Å². The van der Waals surface area contributed by atoms with Crippen LogP contribution in [0, 0.1) is 11.8 Å². The monoisotopic (exact) mass is 243 g/mol. The Balaban J connectivity index is 1.59. The number of piperidine rings is 1. The zero-order valence-electron chi connectivity index (χ0n) is 10.8. The molecule has 1 aromatic carbocycles. The molecule has 0 unspecified atom stereocenters. The van der Waals surface area contributed by atoms with Gasteiger partial charge in [0.25, 0.3) is 0 Å². The predicted molar refractivity (Wildman–Crippen MR) is 72.2 cm³/mol. The van der Waals surface area contributed by atoms with Crippen molar-refractivity contribution >= 4 is 5.78 Å². The van der Waals surface area contributed by atoms with E-state index in [4.69, 9.17) is 0 Å². The SMILES string of the molecule is O=C1CC[C@H]2CN(Cc3ccccc3)CC[C@@H]2C1. The van der Waals surface area contributed by atoms with Crippen LogP contribution in [0.1, 0.15) is 31.2 Å². The molecule has 2 heteroatoms. The van der Waals surface area contributed by atoms with Gasteiger partial charge in [-0.1, -0.05) is 30.3 Å². The van der Waals surface area contributed by atoms with E-state index in [2.05, 4.69) is 35.2 Å². The van der Waals surface area contributed by atoms with Crippen LogP contribution in [0.4, 0.5) is 0 Å². The van der Waals surface area contributed by atoms with Crippen LogP contribution >= 0.6 is 0 Å². The first-order valence-electron chi connectivity index (χ1n) is 7.09. The third kappa shape index (κ3) is 2.64. The quantitative estimate of drug-likeness (QED) is 0.796. The molecule has 0 aromatic heterocycles. The first kappa shape index (κ1) is 11.9. The van der Waals surface area contributed by atoms with Crippen molar-refractivity contribution in [2.45, 2.75) is 32.2 Å². The molecule has 1 aromatic rings. The number of hydrogen-bond donors (Lipinski definition) is 0. The lowest BCUT2D eigenvalue weighted by Gasteiger charge is -2.40. The van der Waals surface area contributed by atoms with Crippen LogP contribution in [0.5, 0.6) is 0 Å². The van der Waals surface area contributed by atoms with Gasteiger partial charge in [0, 0.05) is 25.9 Å². The van der Waals surface area contributed by atoms with E-state index in [0.717, 1.165) is 38.3 Å². The van der Waals surface area contributed by atoms with Gasteiger partial charge in [-0.05, 0) is 36.8 Å². The molecule has 0 spiro atoms. The van der Waals surface area contributed by atoms with E-state index in [1.807, 2.05) is 0 Å². The molecule has 2 atom stereocenters. The summed E-state index contributed by atoms with van der Waals surface area (Å²) in [5.41, 5.74) is 1.41. The molecule has 2 aliphatic rings. The van der Waals surface area contributed by atoms with Crippen LogP contribution in [0.15, 0.2) is 30.3 Å². The summed E-state index contributed by atoms with van der Waals surface area (Å²) in [6, 6.07) is 10.7. The maximum Gasteiger partial charge on any atom is 0.133 e. The van der Waals surface area contributed by atoms with E-state index in [1.54, 1.807) is 0 Å². The van der Waals surface area contributed by atoms with E-state index in [1.165, 1.54) is 18.5 Å². The molecule has 2 nitrogen and oxygen atoms in total. The first-order chi connectivity index (χ1) is 8.81. The molecule has 2 fully saturated rings. The highest BCUT2D eigenvalue weighted by Crippen LogP contribution is 2.34. The zero-order valence-corrected chi connectivity index (χ0v) is 10.8. The zero-order chi connectivity index (χ0) is 12.4. The number of nitrogens with zero attached hydrogens (tertiary/aromatic N) is 1. The molecule has 0 N–H and O–H groups in total. The number of rotatable bonds is 2. The Hall–Kier alpha value is -1.15. The molecule has 96 valence electrons. The Morgan fingerprint density at radius 1 is 1.11 bits per heavy atom. The number of benzene rings is 1. The van der Waals surface area contributed by atoms with Crippen LogP contribution in [0.25, 0.3) is 0 Å². The van der Waals surface area contributed by atoms with Gasteiger partial charge in [-0.25, -0.2) is 0 Å². The molecule has 1 aliphatic carbocycles. The lowest BCUT2D eigenvalue weighted by atomic mass is 9.74. The van der Waals surface area contributed by atoms with E-state index in [0.29, 0.717) is 11.7 Å². The molecule has 1 saturated heterocycles. The fraction of sp³-hybridized carbons (Fsp3) is 0.562. The summed E-state index contributed by atoms with van der Waals surface area (Å²) >= 11 is 0. The molecule has 18 heavy (non-hydrogen) atoms. The van der Waals surface area contributed by atoms with Crippen LogP contribution in [-0.4, -0.2) is 23.8 Å². The van der Waals surface area contributed by atoms with E-state index >= 15 is 0 Å². The average Bonchev–Trinajstić information content (AvgIpc) is 2.40. The van der Waals surface area contributed by atoms with Crippen molar-refractivity contribution in [3.05, 3.63) is 35.9 Å². The smallest absolute Gasteiger partial charge is 0.133 e. The molecule has 0 radical (unpaired) electrons. The number of fused-ring (bicyclic) bond motifs is 1. The number of likely N-dealkylation sites (tertiary alicyclic amines) is 1. The predicted octanol–water partition coefficient (Wildman–Crippen LogP) is 2.88. The van der Waals surface area contributed by atoms with Gasteiger partial charge >= 0.3 is 0 Å². The number of carbonyl (C=O) groups excluding carboxylic acids is 1. The molecule has 1 saturated carbocycles. The highest BCUT2D eigenvalue weighted by atomic mass is 16.1. The van der Waals surface area contributed by atoms with Crippen molar-refractivity contribution in [1.29, 1.82) is 0 Å². The minimum absolute atomic E-state index is 0.493. The Labute approximate surface area is 109 Å². The van der Waals surface area contributed by atoms with Gasteiger partial charge in [0.2, 0.25) is 0 Å². The second-order valence-electron chi connectivity index (χ2n) is 5.81. The van der Waals surface area contributed by atoms with Crippen molar-refractivity contribution in [3.8, 4) is 0 Å². The van der Waals surface area contributed by atoms with Gasteiger partial charge in [0.15, 0.2) is 0 Å². The molecule has 1 aliphatic heterocycles. The normalized spacial score (nSPS) is 29.0. The Bertz CT molecular complexity index is 414. The highest BCUT2D eigenvalue weighted by Gasteiger charge is 2.33. The topological polar surface area (TPSA) is 20.3 Å².